The summed E-state index contributed by atoms with van der Waals surface area (Å²) >= 11 is 2.46. The van der Waals surface area contributed by atoms with Gasteiger partial charge in [0, 0.05) is 18.3 Å². The first kappa shape index (κ1) is 26.1. The molecular formula is C25H32F4O3S2. The normalized spacial score (nSPS) is 43.6. The van der Waals surface area contributed by atoms with Gasteiger partial charge < -0.3 is 4.74 Å². The maximum Gasteiger partial charge on any atom is 0.397 e. The summed E-state index contributed by atoms with van der Waals surface area (Å²) in [4.78, 5) is 24.2. The minimum absolute atomic E-state index is 0.145. The molecule has 190 valence electrons. The highest BCUT2D eigenvalue weighted by atomic mass is 32.2. The number of thioether (sulfide) groups is 2. The van der Waals surface area contributed by atoms with E-state index in [-0.39, 0.29) is 18.1 Å². The van der Waals surface area contributed by atoms with Gasteiger partial charge in [-0.15, -0.1) is 23.5 Å². The van der Waals surface area contributed by atoms with Crippen LogP contribution in [0.15, 0.2) is 23.8 Å². The van der Waals surface area contributed by atoms with Gasteiger partial charge in [0.2, 0.25) is 0 Å². The fourth-order valence-electron chi connectivity index (χ4n) is 7.40. The van der Waals surface area contributed by atoms with Crippen LogP contribution in [0, 0.1) is 22.7 Å². The standard InChI is InChI=1S/C25H32F4O3S2/c1-5-33-23(34-14-24(26,27)28)11-9-18-19-7-6-16-12-17(31)8-10-21(16,3)25(19,29)20(32-15(2)30)13-22(18,23)4/h8,10,12,18-20H,5-7,9,11,13-14H2,1-4H3/t18-,19-,20-,21-,22-,23+,25?/m0/s1. The van der Waals surface area contributed by atoms with E-state index in [2.05, 4.69) is 0 Å². The van der Waals surface area contributed by atoms with Gasteiger partial charge in [-0.1, -0.05) is 25.5 Å². The number of fused-ring (bicyclic) bond motifs is 5. The fourth-order valence-corrected chi connectivity index (χ4v) is 10.8. The lowest BCUT2D eigenvalue weighted by molar-refractivity contribution is -0.209. The van der Waals surface area contributed by atoms with E-state index in [0.29, 0.717) is 37.0 Å². The number of ether oxygens (including phenoxy) is 1. The Morgan fingerprint density at radius 3 is 2.53 bits per heavy atom. The van der Waals surface area contributed by atoms with Crippen molar-refractivity contribution in [1.82, 2.24) is 0 Å². The molecule has 0 saturated heterocycles. The highest BCUT2D eigenvalue weighted by Crippen LogP contribution is 2.74. The SMILES string of the molecule is CCS[C@@]1(SCC(F)(F)F)CC[C@H]2[C@@H]3CCC4=CC(=O)C=C[C@]4(C)C3(F)[C@@H](OC(C)=O)C[C@@]21C. The van der Waals surface area contributed by atoms with Crippen LogP contribution >= 0.6 is 23.5 Å². The van der Waals surface area contributed by atoms with Crippen LogP contribution in [0.4, 0.5) is 17.6 Å². The Morgan fingerprint density at radius 2 is 1.91 bits per heavy atom. The molecule has 34 heavy (non-hydrogen) atoms. The molecule has 0 radical (unpaired) electrons. The molecule has 0 aromatic rings. The summed E-state index contributed by atoms with van der Waals surface area (Å²) < 4.78 is 62.5. The van der Waals surface area contributed by atoms with Gasteiger partial charge >= 0.3 is 12.1 Å². The Bertz CT molecular complexity index is 934. The molecular weight excluding hydrogens is 488 g/mol. The third-order valence-corrected chi connectivity index (χ3v) is 12.6. The predicted molar refractivity (Wildman–Crippen MR) is 127 cm³/mol. The fraction of sp³-hybridized carbons (Fsp3) is 0.760. The third kappa shape index (κ3) is 3.78. The molecule has 0 aliphatic heterocycles. The first-order valence-electron chi connectivity index (χ1n) is 11.9. The van der Waals surface area contributed by atoms with E-state index in [1.807, 2.05) is 13.8 Å². The quantitative estimate of drug-likeness (QED) is 0.230. The number of ketones is 1. The van der Waals surface area contributed by atoms with Crippen molar-refractivity contribution in [1.29, 1.82) is 0 Å². The van der Waals surface area contributed by atoms with Crippen molar-refractivity contribution in [3.05, 3.63) is 23.8 Å². The van der Waals surface area contributed by atoms with Gasteiger partial charge in [-0.05, 0) is 68.3 Å². The number of esters is 1. The number of carbonyl (C=O) groups is 2. The Labute approximate surface area is 206 Å². The minimum atomic E-state index is -4.30. The molecule has 0 aromatic carbocycles. The topological polar surface area (TPSA) is 43.4 Å². The zero-order valence-electron chi connectivity index (χ0n) is 20.0. The maximum atomic E-state index is 17.6. The summed E-state index contributed by atoms with van der Waals surface area (Å²) in [6.07, 6.45) is 1.48. The van der Waals surface area contributed by atoms with Crippen LogP contribution < -0.4 is 0 Å². The molecule has 1 unspecified atom stereocenters. The molecule has 9 heteroatoms. The van der Waals surface area contributed by atoms with E-state index < -0.39 is 50.5 Å². The molecule has 4 aliphatic carbocycles. The van der Waals surface area contributed by atoms with Crippen LogP contribution in [0.25, 0.3) is 0 Å². The molecule has 0 N–H and O–H groups in total. The smallest absolute Gasteiger partial charge is 0.397 e. The average molecular weight is 521 g/mol. The van der Waals surface area contributed by atoms with Crippen molar-refractivity contribution in [3.8, 4) is 0 Å². The average Bonchev–Trinajstić information content (AvgIpc) is 3.00. The van der Waals surface area contributed by atoms with Crippen molar-refractivity contribution < 1.29 is 31.9 Å². The van der Waals surface area contributed by atoms with Crippen LogP contribution in [0.3, 0.4) is 0 Å². The number of halogens is 4. The summed E-state index contributed by atoms with van der Waals surface area (Å²) in [5.41, 5.74) is -2.98. The van der Waals surface area contributed by atoms with E-state index >= 15 is 4.39 Å². The zero-order valence-corrected chi connectivity index (χ0v) is 21.6. The number of hydrogen-bond donors (Lipinski definition) is 0. The van der Waals surface area contributed by atoms with E-state index in [4.69, 9.17) is 4.74 Å². The lowest BCUT2D eigenvalue weighted by atomic mass is 9.46. The Kier molecular flexibility index (Phi) is 6.58. The molecule has 4 rings (SSSR count). The van der Waals surface area contributed by atoms with Gasteiger partial charge in [0.05, 0.1) is 9.83 Å². The van der Waals surface area contributed by atoms with Crippen LogP contribution in [-0.2, 0) is 14.3 Å². The molecule has 0 bridgehead atoms. The van der Waals surface area contributed by atoms with Crippen molar-refractivity contribution in [3.63, 3.8) is 0 Å². The first-order chi connectivity index (χ1) is 15.7. The van der Waals surface area contributed by atoms with Gasteiger partial charge in [-0.3, -0.25) is 9.59 Å². The monoisotopic (exact) mass is 520 g/mol. The minimum Gasteiger partial charge on any atom is -0.459 e. The predicted octanol–water partition coefficient (Wildman–Crippen LogP) is 6.67. The molecule has 3 fully saturated rings. The molecule has 3 saturated carbocycles. The first-order valence-corrected chi connectivity index (χ1v) is 13.8. The van der Waals surface area contributed by atoms with E-state index in [9.17, 15) is 22.8 Å². The molecule has 3 nitrogen and oxygen atoms in total. The summed E-state index contributed by atoms with van der Waals surface area (Å²) in [6, 6.07) is 0. The number of carbonyl (C=O) groups excluding carboxylic acids is 2. The van der Waals surface area contributed by atoms with Crippen molar-refractivity contribution in [2.45, 2.75) is 81.8 Å². The van der Waals surface area contributed by atoms with Crippen LogP contribution in [-0.4, -0.2) is 45.3 Å². The Hall–Kier alpha value is -0.960. The van der Waals surface area contributed by atoms with E-state index in [0.717, 1.165) is 11.8 Å². The molecule has 0 amide bonds. The van der Waals surface area contributed by atoms with Gasteiger partial charge in [-0.25, -0.2) is 4.39 Å². The second-order valence-corrected chi connectivity index (χ2v) is 13.6. The van der Waals surface area contributed by atoms with Crippen molar-refractivity contribution in [2.24, 2.45) is 22.7 Å². The summed E-state index contributed by atoms with van der Waals surface area (Å²) in [5, 5.41) is 0. The van der Waals surface area contributed by atoms with Crippen LogP contribution in [0.1, 0.15) is 59.8 Å². The van der Waals surface area contributed by atoms with E-state index in [1.165, 1.54) is 30.8 Å². The summed E-state index contributed by atoms with van der Waals surface area (Å²) in [5.74, 6) is -1.72. The largest absolute Gasteiger partial charge is 0.459 e. The number of rotatable bonds is 5. The van der Waals surface area contributed by atoms with Gasteiger partial charge in [0.15, 0.2) is 11.5 Å². The van der Waals surface area contributed by atoms with Crippen LogP contribution in [0.5, 0.6) is 0 Å². The lowest BCUT2D eigenvalue weighted by Gasteiger charge is -2.63. The van der Waals surface area contributed by atoms with E-state index in [1.54, 1.807) is 13.0 Å². The number of allylic oxidation sites excluding steroid dienone is 4. The molecule has 0 heterocycles. The summed E-state index contributed by atoms with van der Waals surface area (Å²) in [6.45, 7) is 6.94. The highest BCUT2D eigenvalue weighted by molar-refractivity contribution is 8.18. The summed E-state index contributed by atoms with van der Waals surface area (Å²) in [7, 11) is 0. The van der Waals surface area contributed by atoms with Crippen molar-refractivity contribution >= 4 is 35.3 Å². The maximum absolute atomic E-state index is 17.6. The molecule has 7 atom stereocenters. The molecule has 0 aromatic heterocycles. The molecule has 0 spiro atoms. The van der Waals surface area contributed by atoms with Gasteiger partial charge in [0.1, 0.15) is 6.10 Å². The lowest BCUT2D eigenvalue weighted by Crippen LogP contribution is -2.68. The Morgan fingerprint density at radius 1 is 1.21 bits per heavy atom. The van der Waals surface area contributed by atoms with Crippen LogP contribution in [0.2, 0.25) is 0 Å². The number of alkyl halides is 4. The molecule has 4 aliphatic rings. The van der Waals surface area contributed by atoms with Gasteiger partial charge in [-0.2, -0.15) is 13.2 Å². The van der Waals surface area contributed by atoms with Gasteiger partial charge in [0.25, 0.3) is 0 Å². The zero-order chi connectivity index (χ0) is 25.2. The van der Waals surface area contributed by atoms with Crippen molar-refractivity contribution in [2.75, 3.05) is 11.5 Å². The second-order valence-electron chi connectivity index (χ2n) is 10.5. The third-order valence-electron chi connectivity index (χ3n) is 8.82. The highest BCUT2D eigenvalue weighted by Gasteiger charge is 2.74. The Balaban J connectivity index is 1.81. The number of hydrogen-bond acceptors (Lipinski definition) is 5. The second kappa shape index (κ2) is 8.56.